The van der Waals surface area contributed by atoms with Gasteiger partial charge in [-0.25, -0.2) is 0 Å². The Morgan fingerprint density at radius 2 is 1.70 bits per heavy atom. The molecule has 1 aliphatic rings. The fourth-order valence-corrected chi connectivity index (χ4v) is 1.83. The Kier molecular flexibility index (Phi) is 6.25. The van der Waals surface area contributed by atoms with Crippen LogP contribution in [0.1, 0.15) is 6.92 Å². The van der Waals surface area contributed by atoms with E-state index in [2.05, 4.69) is 0 Å². The van der Waals surface area contributed by atoms with Crippen LogP contribution in [0.25, 0.3) is 0 Å². The van der Waals surface area contributed by atoms with Gasteiger partial charge in [0.1, 0.15) is 36.1 Å². The molecule has 120 valence electrons. The molecule has 9 nitrogen and oxygen atoms in total. The topological polar surface area (TPSA) is 160 Å². The molecular formula is C11H22O9. The van der Waals surface area contributed by atoms with E-state index >= 15 is 0 Å². The quantitative estimate of drug-likeness (QED) is 0.258. The van der Waals surface area contributed by atoms with E-state index in [9.17, 15) is 20.4 Å². The van der Waals surface area contributed by atoms with E-state index in [4.69, 9.17) is 24.8 Å². The Morgan fingerprint density at radius 1 is 1.10 bits per heavy atom. The summed E-state index contributed by atoms with van der Waals surface area (Å²) >= 11 is 0. The van der Waals surface area contributed by atoms with Gasteiger partial charge in [0.25, 0.3) is 0 Å². The number of aliphatic hydroxyl groups is 7. The third kappa shape index (κ3) is 3.64. The zero-order valence-electron chi connectivity index (χ0n) is 11.0. The molecule has 20 heavy (non-hydrogen) atoms. The van der Waals surface area contributed by atoms with Crippen LogP contribution in [0.5, 0.6) is 0 Å². The van der Waals surface area contributed by atoms with Crippen molar-refractivity contribution in [3.8, 4) is 0 Å². The lowest BCUT2D eigenvalue weighted by atomic mass is 9.98. The molecule has 7 N–H and O–H groups in total. The molecule has 1 rings (SSSR count). The van der Waals surface area contributed by atoms with Gasteiger partial charge in [-0.1, -0.05) is 0 Å². The minimum Gasteiger partial charge on any atom is -0.394 e. The number of hydrogen-bond donors (Lipinski definition) is 7. The zero-order chi connectivity index (χ0) is 15.5. The summed E-state index contributed by atoms with van der Waals surface area (Å²) in [5.41, 5.74) is -1.80. The van der Waals surface area contributed by atoms with Crippen molar-refractivity contribution in [2.24, 2.45) is 0 Å². The average Bonchev–Trinajstić information content (AvgIpc) is 2.44. The smallest absolute Gasteiger partial charge is 0.187 e. The molecule has 0 radical (unpaired) electrons. The van der Waals surface area contributed by atoms with E-state index < -0.39 is 62.2 Å². The molecule has 0 unspecified atom stereocenters. The highest BCUT2D eigenvalue weighted by atomic mass is 16.7. The Balaban J connectivity index is 2.79. The predicted molar refractivity (Wildman–Crippen MR) is 63.4 cm³/mol. The lowest BCUT2D eigenvalue weighted by molar-refractivity contribution is -0.326. The van der Waals surface area contributed by atoms with Gasteiger partial charge in [0.2, 0.25) is 0 Å². The van der Waals surface area contributed by atoms with Gasteiger partial charge in [-0.3, -0.25) is 0 Å². The second-order valence-electron chi connectivity index (χ2n) is 5.02. The molecule has 0 aromatic heterocycles. The molecule has 9 heteroatoms. The first-order chi connectivity index (χ1) is 9.28. The molecule has 1 fully saturated rings. The average molecular weight is 298 g/mol. The fourth-order valence-electron chi connectivity index (χ4n) is 1.83. The van der Waals surface area contributed by atoms with Crippen LogP contribution >= 0.6 is 0 Å². The van der Waals surface area contributed by atoms with Crippen molar-refractivity contribution < 1.29 is 45.2 Å². The van der Waals surface area contributed by atoms with Gasteiger partial charge in [0.05, 0.1) is 19.8 Å². The van der Waals surface area contributed by atoms with Gasteiger partial charge in [-0.15, -0.1) is 0 Å². The van der Waals surface area contributed by atoms with E-state index in [1.807, 2.05) is 0 Å². The van der Waals surface area contributed by atoms with Crippen LogP contribution < -0.4 is 0 Å². The second kappa shape index (κ2) is 7.07. The first-order valence-electron chi connectivity index (χ1n) is 6.18. The fraction of sp³-hybridized carbons (Fsp3) is 1.00. The number of hydrogen-bond acceptors (Lipinski definition) is 9. The molecular weight excluding hydrogens is 276 g/mol. The van der Waals surface area contributed by atoms with E-state index in [1.165, 1.54) is 6.92 Å². The van der Waals surface area contributed by atoms with E-state index in [0.29, 0.717) is 0 Å². The van der Waals surface area contributed by atoms with Crippen molar-refractivity contribution in [1.29, 1.82) is 0 Å². The highest BCUT2D eigenvalue weighted by Crippen LogP contribution is 2.25. The maximum absolute atomic E-state index is 9.81. The SMILES string of the molecule is C[C@](O)(CO)[C@@H](CO)O[C@@H]1O[C@H](CO)[C@H](O)[C@@H](O)[C@H]1O. The van der Waals surface area contributed by atoms with Crippen LogP contribution in [-0.4, -0.2) is 98.0 Å². The van der Waals surface area contributed by atoms with E-state index in [1.54, 1.807) is 0 Å². The molecule has 0 amide bonds. The van der Waals surface area contributed by atoms with Gasteiger partial charge in [0, 0.05) is 0 Å². The van der Waals surface area contributed by atoms with Gasteiger partial charge < -0.3 is 45.2 Å². The van der Waals surface area contributed by atoms with Crippen molar-refractivity contribution in [2.75, 3.05) is 19.8 Å². The summed E-state index contributed by atoms with van der Waals surface area (Å²) < 4.78 is 10.2. The molecule has 0 aliphatic carbocycles. The Morgan fingerprint density at radius 3 is 2.15 bits per heavy atom. The summed E-state index contributed by atoms with van der Waals surface area (Å²) in [4.78, 5) is 0. The molecule has 0 aromatic carbocycles. The Labute approximate surface area is 115 Å². The summed E-state index contributed by atoms with van der Waals surface area (Å²) in [6.07, 6.45) is -8.73. The summed E-state index contributed by atoms with van der Waals surface area (Å²) in [6, 6.07) is 0. The van der Waals surface area contributed by atoms with Crippen molar-refractivity contribution in [2.45, 2.75) is 49.3 Å². The van der Waals surface area contributed by atoms with Crippen LogP contribution in [-0.2, 0) is 9.47 Å². The normalized spacial score (nSPS) is 39.3. The van der Waals surface area contributed by atoms with Crippen LogP contribution in [0.2, 0.25) is 0 Å². The number of aliphatic hydroxyl groups excluding tert-OH is 6. The molecule has 1 aliphatic heterocycles. The maximum Gasteiger partial charge on any atom is 0.187 e. The van der Waals surface area contributed by atoms with Crippen molar-refractivity contribution in [3.05, 3.63) is 0 Å². The molecule has 0 bridgehead atoms. The summed E-state index contributed by atoms with van der Waals surface area (Å²) in [7, 11) is 0. The highest BCUT2D eigenvalue weighted by molar-refractivity contribution is 4.91. The van der Waals surface area contributed by atoms with Gasteiger partial charge in [-0.05, 0) is 6.92 Å². The summed E-state index contributed by atoms with van der Waals surface area (Å²) in [6.45, 7) is -0.804. The van der Waals surface area contributed by atoms with Crippen LogP contribution in [0, 0.1) is 0 Å². The molecule has 7 atom stereocenters. The summed E-state index contributed by atoms with van der Waals surface area (Å²) in [5.74, 6) is 0. The lowest BCUT2D eigenvalue weighted by Gasteiger charge is -2.42. The molecule has 0 aromatic rings. The first kappa shape index (κ1) is 17.7. The number of rotatable bonds is 6. The largest absolute Gasteiger partial charge is 0.394 e. The van der Waals surface area contributed by atoms with Crippen LogP contribution in [0.4, 0.5) is 0 Å². The lowest BCUT2D eigenvalue weighted by Crippen LogP contribution is -2.61. The van der Waals surface area contributed by atoms with E-state index in [-0.39, 0.29) is 0 Å². The number of ether oxygens (including phenoxy) is 2. The van der Waals surface area contributed by atoms with Crippen molar-refractivity contribution in [1.82, 2.24) is 0 Å². The second-order valence-corrected chi connectivity index (χ2v) is 5.02. The molecule has 0 spiro atoms. The van der Waals surface area contributed by atoms with Gasteiger partial charge in [0.15, 0.2) is 6.29 Å². The minimum absolute atomic E-state index is 0.620. The summed E-state index contributed by atoms with van der Waals surface area (Å²) in [5, 5.41) is 65.9. The molecule has 0 saturated carbocycles. The van der Waals surface area contributed by atoms with Crippen LogP contribution in [0.3, 0.4) is 0 Å². The van der Waals surface area contributed by atoms with Gasteiger partial charge >= 0.3 is 0 Å². The van der Waals surface area contributed by atoms with Crippen LogP contribution in [0.15, 0.2) is 0 Å². The third-order valence-electron chi connectivity index (χ3n) is 3.33. The third-order valence-corrected chi connectivity index (χ3v) is 3.33. The first-order valence-corrected chi connectivity index (χ1v) is 6.18. The van der Waals surface area contributed by atoms with Crippen molar-refractivity contribution in [3.63, 3.8) is 0 Å². The maximum atomic E-state index is 9.81. The standard InChI is InChI=1S/C11H22O9/c1-11(18,4-14)6(3-13)20-10-9(17)8(16)7(15)5(2-12)19-10/h5-10,12-18H,2-4H2,1H3/t5-,6-,7+,8-,9-,10+,11+/m1/s1. The Bertz CT molecular complexity index is 296. The molecule has 1 saturated heterocycles. The Hall–Kier alpha value is -0.360. The minimum atomic E-state index is -1.80. The van der Waals surface area contributed by atoms with Gasteiger partial charge in [-0.2, -0.15) is 0 Å². The van der Waals surface area contributed by atoms with Crippen molar-refractivity contribution >= 4 is 0 Å². The predicted octanol–water partition coefficient (Wildman–Crippen LogP) is -4.09. The highest BCUT2D eigenvalue weighted by Gasteiger charge is 2.46. The zero-order valence-corrected chi connectivity index (χ0v) is 11.0. The monoisotopic (exact) mass is 298 g/mol. The molecule has 1 heterocycles. The van der Waals surface area contributed by atoms with E-state index in [0.717, 1.165) is 0 Å².